The molecule has 6 heteroatoms. The van der Waals surface area contributed by atoms with Gasteiger partial charge in [-0.3, -0.25) is 9.69 Å². The standard InChI is InChI=1S/C18H32N2O4/c21-18(16-2-10-22-11-3-16)20(17-4-12-23-13-5-17)7-1-6-19-8-14-24-15-9-19/h16-17H,1-15H2. The summed E-state index contributed by atoms with van der Waals surface area (Å²) in [5, 5.41) is 0. The van der Waals surface area contributed by atoms with Crippen LogP contribution in [-0.4, -0.2) is 87.6 Å². The quantitative estimate of drug-likeness (QED) is 0.726. The van der Waals surface area contributed by atoms with Crippen molar-refractivity contribution in [1.29, 1.82) is 0 Å². The summed E-state index contributed by atoms with van der Waals surface area (Å²) in [6.07, 6.45) is 4.76. The van der Waals surface area contributed by atoms with E-state index in [1.54, 1.807) is 0 Å². The summed E-state index contributed by atoms with van der Waals surface area (Å²) in [4.78, 5) is 17.7. The fraction of sp³-hybridized carbons (Fsp3) is 0.944. The van der Waals surface area contributed by atoms with Gasteiger partial charge in [0.25, 0.3) is 0 Å². The SMILES string of the molecule is O=C(C1CCOCC1)N(CCCN1CCOCC1)C1CCOCC1. The average Bonchev–Trinajstić information content (AvgIpc) is 2.67. The number of rotatable bonds is 6. The summed E-state index contributed by atoms with van der Waals surface area (Å²) in [7, 11) is 0. The Morgan fingerprint density at radius 1 is 0.875 bits per heavy atom. The van der Waals surface area contributed by atoms with Gasteiger partial charge in [0.1, 0.15) is 0 Å². The molecule has 0 N–H and O–H groups in total. The van der Waals surface area contributed by atoms with Crippen molar-refractivity contribution >= 4 is 5.91 Å². The van der Waals surface area contributed by atoms with Crippen molar-refractivity contribution in [3.05, 3.63) is 0 Å². The fourth-order valence-electron chi connectivity index (χ4n) is 3.94. The first kappa shape index (κ1) is 18.1. The zero-order valence-electron chi connectivity index (χ0n) is 14.8. The van der Waals surface area contributed by atoms with E-state index >= 15 is 0 Å². The molecule has 0 spiro atoms. The van der Waals surface area contributed by atoms with Gasteiger partial charge in [-0.1, -0.05) is 0 Å². The Hall–Kier alpha value is -0.690. The summed E-state index contributed by atoms with van der Waals surface area (Å²) in [5.41, 5.74) is 0. The van der Waals surface area contributed by atoms with Crippen LogP contribution in [0.15, 0.2) is 0 Å². The van der Waals surface area contributed by atoms with Crippen LogP contribution < -0.4 is 0 Å². The summed E-state index contributed by atoms with van der Waals surface area (Å²) in [5.74, 6) is 0.511. The lowest BCUT2D eigenvalue weighted by Gasteiger charge is -2.38. The minimum absolute atomic E-state index is 0.157. The van der Waals surface area contributed by atoms with Gasteiger partial charge in [0.15, 0.2) is 0 Å². The van der Waals surface area contributed by atoms with Crippen LogP contribution in [0, 0.1) is 5.92 Å². The predicted molar refractivity (Wildman–Crippen MR) is 91.0 cm³/mol. The van der Waals surface area contributed by atoms with Crippen LogP contribution in [0.25, 0.3) is 0 Å². The molecular formula is C18H32N2O4. The molecule has 0 saturated carbocycles. The van der Waals surface area contributed by atoms with E-state index in [4.69, 9.17) is 14.2 Å². The molecule has 0 aromatic rings. The summed E-state index contributed by atoms with van der Waals surface area (Å²) in [6, 6.07) is 0.360. The van der Waals surface area contributed by atoms with Crippen LogP contribution in [0.4, 0.5) is 0 Å². The third-order valence-corrected chi connectivity index (χ3v) is 5.46. The maximum Gasteiger partial charge on any atom is 0.226 e. The third-order valence-electron chi connectivity index (χ3n) is 5.46. The Bertz CT molecular complexity index is 375. The molecular weight excluding hydrogens is 308 g/mol. The first-order valence-corrected chi connectivity index (χ1v) is 9.60. The number of carbonyl (C=O) groups excluding carboxylic acids is 1. The highest BCUT2D eigenvalue weighted by Crippen LogP contribution is 2.23. The van der Waals surface area contributed by atoms with E-state index in [0.717, 1.165) is 97.9 Å². The van der Waals surface area contributed by atoms with Crippen LogP contribution >= 0.6 is 0 Å². The molecule has 24 heavy (non-hydrogen) atoms. The molecule has 6 nitrogen and oxygen atoms in total. The monoisotopic (exact) mass is 340 g/mol. The smallest absolute Gasteiger partial charge is 0.226 e. The lowest BCUT2D eigenvalue weighted by molar-refractivity contribution is -0.143. The van der Waals surface area contributed by atoms with Crippen LogP contribution in [0.5, 0.6) is 0 Å². The third kappa shape index (κ3) is 5.15. The van der Waals surface area contributed by atoms with E-state index in [2.05, 4.69) is 9.80 Å². The summed E-state index contributed by atoms with van der Waals surface area (Å²) in [6.45, 7) is 8.67. The summed E-state index contributed by atoms with van der Waals surface area (Å²) < 4.78 is 16.3. The molecule has 3 rings (SSSR count). The van der Waals surface area contributed by atoms with Gasteiger partial charge in [-0.25, -0.2) is 0 Å². The van der Waals surface area contributed by atoms with E-state index < -0.39 is 0 Å². The van der Waals surface area contributed by atoms with Gasteiger partial charge >= 0.3 is 0 Å². The molecule has 1 amide bonds. The molecule has 0 aromatic heterocycles. The van der Waals surface area contributed by atoms with E-state index in [1.807, 2.05) is 0 Å². The number of carbonyl (C=O) groups is 1. The zero-order valence-corrected chi connectivity index (χ0v) is 14.8. The van der Waals surface area contributed by atoms with Crippen LogP contribution in [0.1, 0.15) is 32.1 Å². The number of morpholine rings is 1. The topological polar surface area (TPSA) is 51.2 Å². The lowest BCUT2D eigenvalue weighted by Crippen LogP contribution is -2.48. The molecule has 0 aromatic carbocycles. The van der Waals surface area contributed by atoms with Crippen LogP contribution in [0.2, 0.25) is 0 Å². The molecule has 0 atom stereocenters. The largest absolute Gasteiger partial charge is 0.381 e. The number of amides is 1. The Labute approximate surface area is 145 Å². The highest BCUT2D eigenvalue weighted by Gasteiger charge is 2.31. The van der Waals surface area contributed by atoms with Gasteiger partial charge in [-0.15, -0.1) is 0 Å². The second kappa shape index (κ2) is 9.70. The van der Waals surface area contributed by atoms with E-state index in [1.165, 1.54) is 0 Å². The fourth-order valence-corrected chi connectivity index (χ4v) is 3.94. The van der Waals surface area contributed by atoms with Crippen molar-refractivity contribution < 1.29 is 19.0 Å². The Kier molecular flexibility index (Phi) is 7.32. The molecule has 0 bridgehead atoms. The normalized spacial score (nSPS) is 24.8. The number of nitrogens with zero attached hydrogens (tertiary/aromatic N) is 2. The van der Waals surface area contributed by atoms with Crippen LogP contribution in [-0.2, 0) is 19.0 Å². The minimum Gasteiger partial charge on any atom is -0.381 e. The van der Waals surface area contributed by atoms with E-state index in [-0.39, 0.29) is 5.92 Å². The maximum atomic E-state index is 13.1. The Morgan fingerprint density at radius 3 is 2.12 bits per heavy atom. The maximum absolute atomic E-state index is 13.1. The van der Waals surface area contributed by atoms with Gasteiger partial charge in [0.05, 0.1) is 13.2 Å². The molecule has 3 aliphatic heterocycles. The van der Waals surface area contributed by atoms with Crippen molar-refractivity contribution in [2.75, 3.05) is 65.8 Å². The first-order chi connectivity index (χ1) is 11.8. The van der Waals surface area contributed by atoms with Crippen molar-refractivity contribution in [2.24, 2.45) is 5.92 Å². The molecule has 138 valence electrons. The second-order valence-electron chi connectivity index (χ2n) is 7.07. The minimum atomic E-state index is 0.157. The summed E-state index contributed by atoms with van der Waals surface area (Å²) >= 11 is 0. The molecule has 3 aliphatic rings. The molecule has 0 aliphatic carbocycles. The van der Waals surface area contributed by atoms with Gasteiger partial charge in [-0.05, 0) is 32.1 Å². The first-order valence-electron chi connectivity index (χ1n) is 9.60. The van der Waals surface area contributed by atoms with Crippen molar-refractivity contribution in [3.63, 3.8) is 0 Å². The second-order valence-corrected chi connectivity index (χ2v) is 7.07. The average molecular weight is 340 g/mol. The van der Waals surface area contributed by atoms with E-state index in [9.17, 15) is 4.79 Å². The van der Waals surface area contributed by atoms with E-state index in [0.29, 0.717) is 11.9 Å². The van der Waals surface area contributed by atoms with Gasteiger partial charge in [0.2, 0.25) is 5.91 Å². The van der Waals surface area contributed by atoms with Crippen molar-refractivity contribution in [3.8, 4) is 0 Å². The number of ether oxygens (including phenoxy) is 3. The lowest BCUT2D eigenvalue weighted by atomic mass is 9.96. The molecule has 0 radical (unpaired) electrons. The molecule has 3 heterocycles. The number of hydrogen-bond acceptors (Lipinski definition) is 5. The van der Waals surface area contributed by atoms with Crippen molar-refractivity contribution in [2.45, 2.75) is 38.1 Å². The van der Waals surface area contributed by atoms with Crippen molar-refractivity contribution in [1.82, 2.24) is 9.80 Å². The zero-order chi connectivity index (χ0) is 16.6. The van der Waals surface area contributed by atoms with Gasteiger partial charge in [-0.2, -0.15) is 0 Å². The molecule has 3 saturated heterocycles. The van der Waals surface area contributed by atoms with Crippen LogP contribution in [0.3, 0.4) is 0 Å². The number of hydrogen-bond donors (Lipinski definition) is 0. The van der Waals surface area contributed by atoms with Gasteiger partial charge in [0, 0.05) is 64.6 Å². The highest BCUT2D eigenvalue weighted by atomic mass is 16.5. The Morgan fingerprint density at radius 2 is 1.46 bits per heavy atom. The highest BCUT2D eigenvalue weighted by molar-refractivity contribution is 5.79. The molecule has 3 fully saturated rings. The predicted octanol–water partition coefficient (Wildman–Crippen LogP) is 1.14. The molecule has 0 unspecified atom stereocenters. The Balaban J connectivity index is 1.53. The van der Waals surface area contributed by atoms with Gasteiger partial charge < -0.3 is 19.1 Å².